The van der Waals surface area contributed by atoms with E-state index in [1.165, 1.54) is 12.1 Å². The monoisotopic (exact) mass is 303 g/mol. The molecule has 112 valence electrons. The van der Waals surface area contributed by atoms with E-state index in [1.807, 2.05) is 6.92 Å². The molecule has 0 fully saturated rings. The maximum atomic E-state index is 13.2. The van der Waals surface area contributed by atoms with Gasteiger partial charge in [-0.15, -0.1) is 0 Å². The van der Waals surface area contributed by atoms with Gasteiger partial charge >= 0.3 is 0 Å². The molecule has 1 unspecified atom stereocenters. The van der Waals surface area contributed by atoms with Gasteiger partial charge in [-0.25, -0.2) is 17.5 Å². The van der Waals surface area contributed by atoms with Crippen molar-refractivity contribution in [2.45, 2.75) is 37.6 Å². The van der Waals surface area contributed by atoms with Crippen molar-refractivity contribution in [3.05, 3.63) is 29.6 Å². The van der Waals surface area contributed by atoms with Gasteiger partial charge in [-0.1, -0.05) is 24.6 Å². The van der Waals surface area contributed by atoms with E-state index in [0.29, 0.717) is 18.4 Å². The van der Waals surface area contributed by atoms with E-state index in [1.54, 1.807) is 6.92 Å². The molecule has 1 aromatic carbocycles. The number of rotatable bonds is 6. The Morgan fingerprint density at radius 2 is 2.20 bits per heavy atom. The molecule has 0 bridgehead atoms. The van der Waals surface area contributed by atoms with Crippen molar-refractivity contribution in [1.29, 1.82) is 0 Å². The highest BCUT2D eigenvalue weighted by atomic mass is 32.2. The maximum absolute atomic E-state index is 13.2. The molecule has 0 aromatic heterocycles. The molecule has 0 saturated heterocycles. The van der Waals surface area contributed by atoms with Crippen molar-refractivity contribution < 1.29 is 18.0 Å². The molecule has 0 aliphatic carbocycles. The lowest BCUT2D eigenvalue weighted by Gasteiger charge is -2.17. The molecular weight excluding hydrogens is 285 g/mol. The highest BCUT2D eigenvalue weighted by Crippen LogP contribution is 2.17. The lowest BCUT2D eigenvalue weighted by molar-refractivity contribution is 0.315. The second kappa shape index (κ2) is 6.67. The van der Waals surface area contributed by atoms with E-state index >= 15 is 0 Å². The van der Waals surface area contributed by atoms with Crippen molar-refractivity contribution in [3.8, 4) is 0 Å². The summed E-state index contributed by atoms with van der Waals surface area (Å²) < 4.78 is 40.0. The summed E-state index contributed by atoms with van der Waals surface area (Å²) in [6, 6.07) is 2.66. The number of nitrogens with two attached hydrogens (primary N) is 1. The first-order valence-electron chi connectivity index (χ1n) is 6.07. The predicted molar refractivity (Wildman–Crippen MR) is 73.6 cm³/mol. The number of halogens is 1. The Bertz CT molecular complexity index is 602. The van der Waals surface area contributed by atoms with Crippen LogP contribution in [0.4, 0.5) is 4.39 Å². The number of hydrogen-bond acceptors (Lipinski definition) is 4. The van der Waals surface area contributed by atoms with Crippen molar-refractivity contribution in [1.82, 2.24) is 4.72 Å². The Morgan fingerprint density at radius 3 is 2.75 bits per heavy atom. The van der Waals surface area contributed by atoms with Crippen LogP contribution < -0.4 is 10.5 Å². The number of benzene rings is 1. The Hall–Kier alpha value is -1.67. The van der Waals surface area contributed by atoms with E-state index in [0.717, 1.165) is 6.07 Å². The summed E-state index contributed by atoms with van der Waals surface area (Å²) in [5, 5.41) is 11.5. The minimum absolute atomic E-state index is 0.163. The van der Waals surface area contributed by atoms with Gasteiger partial charge in [0.25, 0.3) is 0 Å². The Morgan fingerprint density at radius 1 is 1.55 bits per heavy atom. The summed E-state index contributed by atoms with van der Waals surface area (Å²) in [6.45, 7) is 3.39. The van der Waals surface area contributed by atoms with E-state index in [9.17, 15) is 12.8 Å². The van der Waals surface area contributed by atoms with Crippen LogP contribution in [0.1, 0.15) is 25.3 Å². The van der Waals surface area contributed by atoms with Gasteiger partial charge in [0, 0.05) is 0 Å². The summed E-state index contributed by atoms with van der Waals surface area (Å²) in [5.41, 5.74) is 5.87. The zero-order chi connectivity index (χ0) is 15.3. The Kier molecular flexibility index (Phi) is 5.46. The van der Waals surface area contributed by atoms with Gasteiger partial charge in [0.2, 0.25) is 10.0 Å². The van der Waals surface area contributed by atoms with Gasteiger partial charge < -0.3 is 10.9 Å². The molecule has 0 spiro atoms. The van der Waals surface area contributed by atoms with E-state index in [2.05, 4.69) is 9.88 Å². The molecule has 0 aliphatic rings. The third kappa shape index (κ3) is 3.91. The van der Waals surface area contributed by atoms with Crippen LogP contribution in [0.25, 0.3) is 0 Å². The summed E-state index contributed by atoms with van der Waals surface area (Å²) in [6.07, 6.45) is 0.995. The van der Waals surface area contributed by atoms with Crippen molar-refractivity contribution in [2.75, 3.05) is 0 Å². The van der Waals surface area contributed by atoms with Gasteiger partial charge in [0.05, 0.1) is 10.9 Å². The zero-order valence-electron chi connectivity index (χ0n) is 11.3. The fraction of sp³-hybridized carbons (Fsp3) is 0.417. The zero-order valence-corrected chi connectivity index (χ0v) is 12.1. The molecule has 1 atom stereocenters. The standard InChI is InChI=1S/C12H18FN3O3S/c1-3-4-10(12(14)15-17)16-20(18,19)11-7-9(13)6-5-8(11)2/h5-7,10,16-17H,3-4H2,1-2H3,(H2,14,15). The highest BCUT2D eigenvalue weighted by molar-refractivity contribution is 7.89. The SMILES string of the molecule is CCCC(NS(=O)(=O)c1cc(F)ccc1C)/C(N)=N/O. The minimum Gasteiger partial charge on any atom is -0.409 e. The lowest BCUT2D eigenvalue weighted by atomic mass is 10.2. The summed E-state index contributed by atoms with van der Waals surface area (Å²) >= 11 is 0. The summed E-state index contributed by atoms with van der Waals surface area (Å²) in [4.78, 5) is -0.163. The third-order valence-corrected chi connectivity index (χ3v) is 4.40. The highest BCUT2D eigenvalue weighted by Gasteiger charge is 2.24. The van der Waals surface area contributed by atoms with Crippen LogP contribution in [0.3, 0.4) is 0 Å². The van der Waals surface area contributed by atoms with Crippen molar-refractivity contribution in [2.24, 2.45) is 10.9 Å². The molecule has 6 nitrogen and oxygen atoms in total. The second-order valence-electron chi connectivity index (χ2n) is 4.40. The Balaban J connectivity index is 3.13. The molecular formula is C12H18FN3O3S. The largest absolute Gasteiger partial charge is 0.409 e. The van der Waals surface area contributed by atoms with Crippen LogP contribution in [0.2, 0.25) is 0 Å². The minimum atomic E-state index is -3.95. The first-order valence-corrected chi connectivity index (χ1v) is 7.56. The first kappa shape index (κ1) is 16.4. The number of aryl methyl sites for hydroxylation is 1. The lowest BCUT2D eigenvalue weighted by Crippen LogP contribution is -2.44. The van der Waals surface area contributed by atoms with Crippen LogP contribution in [-0.2, 0) is 10.0 Å². The average Bonchev–Trinajstić information content (AvgIpc) is 2.39. The van der Waals surface area contributed by atoms with Crippen LogP contribution in [0.5, 0.6) is 0 Å². The van der Waals surface area contributed by atoms with Crippen LogP contribution in [0.15, 0.2) is 28.3 Å². The number of oxime groups is 1. The molecule has 0 amide bonds. The molecule has 0 heterocycles. The van der Waals surface area contributed by atoms with E-state index in [-0.39, 0.29) is 10.7 Å². The topological polar surface area (TPSA) is 105 Å². The quantitative estimate of drug-likeness (QED) is 0.319. The van der Waals surface area contributed by atoms with Crippen molar-refractivity contribution >= 4 is 15.9 Å². The average molecular weight is 303 g/mol. The molecule has 8 heteroatoms. The van der Waals surface area contributed by atoms with Gasteiger partial charge in [-0.3, -0.25) is 0 Å². The predicted octanol–water partition coefficient (Wildman–Crippen LogP) is 1.33. The molecule has 20 heavy (non-hydrogen) atoms. The molecule has 0 saturated carbocycles. The molecule has 1 rings (SSSR count). The summed E-state index contributed by atoms with van der Waals surface area (Å²) in [5.74, 6) is -0.878. The normalized spacial score (nSPS) is 14.2. The summed E-state index contributed by atoms with van der Waals surface area (Å²) in [7, 11) is -3.95. The van der Waals surface area contributed by atoms with Crippen molar-refractivity contribution in [3.63, 3.8) is 0 Å². The molecule has 1 aromatic rings. The maximum Gasteiger partial charge on any atom is 0.241 e. The van der Waals surface area contributed by atoms with E-state index < -0.39 is 21.9 Å². The fourth-order valence-corrected chi connectivity index (χ4v) is 3.24. The van der Waals surface area contributed by atoms with Gasteiger partial charge in [-0.2, -0.15) is 0 Å². The van der Waals surface area contributed by atoms with Crippen LogP contribution >= 0.6 is 0 Å². The third-order valence-electron chi connectivity index (χ3n) is 2.79. The Labute approximate surface area is 117 Å². The van der Waals surface area contributed by atoms with Gasteiger partial charge in [0.1, 0.15) is 5.82 Å². The number of amidine groups is 1. The molecule has 4 N–H and O–H groups in total. The number of nitrogens with zero attached hydrogens (tertiary/aromatic N) is 1. The molecule has 0 radical (unpaired) electrons. The van der Waals surface area contributed by atoms with Gasteiger partial charge in [0.15, 0.2) is 5.84 Å². The van der Waals surface area contributed by atoms with Crippen LogP contribution in [0, 0.1) is 12.7 Å². The second-order valence-corrected chi connectivity index (χ2v) is 6.08. The smallest absolute Gasteiger partial charge is 0.241 e. The fourth-order valence-electron chi connectivity index (χ4n) is 1.74. The molecule has 0 aliphatic heterocycles. The van der Waals surface area contributed by atoms with E-state index in [4.69, 9.17) is 10.9 Å². The van der Waals surface area contributed by atoms with Gasteiger partial charge in [-0.05, 0) is 31.0 Å². The first-order chi connectivity index (χ1) is 9.31. The van der Waals surface area contributed by atoms with Crippen LogP contribution in [-0.4, -0.2) is 25.5 Å². The number of nitrogens with one attached hydrogen (secondary N) is 1. The number of hydrogen-bond donors (Lipinski definition) is 3. The number of sulfonamides is 1.